The summed E-state index contributed by atoms with van der Waals surface area (Å²) in [5.41, 5.74) is 0.721. The number of likely N-dealkylation sites (N-methyl/N-ethyl adjacent to an activating group) is 1. The number of amides is 2. The van der Waals surface area contributed by atoms with Gasteiger partial charge in [0.2, 0.25) is 11.8 Å². The van der Waals surface area contributed by atoms with Crippen LogP contribution in [0.25, 0.3) is 0 Å². The molecule has 0 aliphatic heterocycles. The van der Waals surface area contributed by atoms with Crippen LogP contribution in [0, 0.1) is 5.82 Å². The molecule has 0 radical (unpaired) electrons. The molecule has 0 fully saturated rings. The van der Waals surface area contributed by atoms with Crippen molar-refractivity contribution in [3.63, 3.8) is 0 Å². The Balaban J connectivity index is 2.38. The van der Waals surface area contributed by atoms with Gasteiger partial charge in [0.05, 0.1) is 5.69 Å². The zero-order chi connectivity index (χ0) is 24.6. The number of halogens is 1. The number of carbonyl (C=O) groups excluding carboxylic acids is 2. The standard InChI is InChI=1S/C23H31FN4O4S/c1-5-25-23(30)18(2)27(16-15-19-11-7-6-8-12-19)22(29)17-28(33(31,32)26(3)4)21-14-10-9-13-20(21)24/h6-14,18H,5,15-17H2,1-4H3,(H,25,30). The number of rotatable bonds is 11. The molecule has 0 aliphatic carbocycles. The Hall–Kier alpha value is -2.98. The second kappa shape index (κ2) is 11.8. The van der Waals surface area contributed by atoms with Gasteiger partial charge < -0.3 is 10.2 Å². The molecule has 0 saturated carbocycles. The highest BCUT2D eigenvalue weighted by Gasteiger charge is 2.33. The molecule has 2 aromatic carbocycles. The van der Waals surface area contributed by atoms with Crippen LogP contribution < -0.4 is 9.62 Å². The highest BCUT2D eigenvalue weighted by Crippen LogP contribution is 2.23. The first-order valence-electron chi connectivity index (χ1n) is 10.6. The second-order valence-corrected chi connectivity index (χ2v) is 9.71. The number of hydrogen-bond acceptors (Lipinski definition) is 4. The summed E-state index contributed by atoms with van der Waals surface area (Å²) < 4.78 is 42.1. The summed E-state index contributed by atoms with van der Waals surface area (Å²) in [5, 5.41) is 2.69. The molecule has 0 spiro atoms. The van der Waals surface area contributed by atoms with Crippen LogP contribution in [-0.4, -0.2) is 69.2 Å². The molecule has 0 saturated heterocycles. The number of anilines is 1. The minimum Gasteiger partial charge on any atom is -0.355 e. The molecule has 33 heavy (non-hydrogen) atoms. The lowest BCUT2D eigenvalue weighted by Crippen LogP contribution is -2.53. The van der Waals surface area contributed by atoms with Gasteiger partial charge in [0.25, 0.3) is 0 Å². The molecule has 2 rings (SSSR count). The zero-order valence-corrected chi connectivity index (χ0v) is 20.2. The lowest BCUT2D eigenvalue weighted by Gasteiger charge is -2.32. The van der Waals surface area contributed by atoms with Crippen molar-refractivity contribution in [2.24, 2.45) is 0 Å². The van der Waals surface area contributed by atoms with E-state index in [0.717, 1.165) is 20.2 Å². The van der Waals surface area contributed by atoms with Gasteiger partial charge in [-0.25, -0.2) is 8.70 Å². The van der Waals surface area contributed by atoms with E-state index in [1.165, 1.54) is 37.2 Å². The molecule has 10 heteroatoms. The largest absolute Gasteiger partial charge is 0.355 e. The third-order valence-corrected chi connectivity index (χ3v) is 6.95. The monoisotopic (exact) mass is 478 g/mol. The predicted molar refractivity (Wildman–Crippen MR) is 126 cm³/mol. The van der Waals surface area contributed by atoms with E-state index < -0.39 is 34.5 Å². The Morgan fingerprint density at radius 2 is 1.64 bits per heavy atom. The molecule has 0 aliphatic rings. The smallest absolute Gasteiger partial charge is 0.304 e. The number of carbonyl (C=O) groups is 2. The van der Waals surface area contributed by atoms with Crippen molar-refractivity contribution < 1.29 is 22.4 Å². The Morgan fingerprint density at radius 3 is 2.21 bits per heavy atom. The summed E-state index contributed by atoms with van der Waals surface area (Å²) >= 11 is 0. The summed E-state index contributed by atoms with van der Waals surface area (Å²) in [7, 11) is -1.58. The van der Waals surface area contributed by atoms with E-state index in [-0.39, 0.29) is 18.1 Å². The average molecular weight is 479 g/mol. The third kappa shape index (κ3) is 6.75. The van der Waals surface area contributed by atoms with Gasteiger partial charge in [-0.15, -0.1) is 0 Å². The van der Waals surface area contributed by atoms with Gasteiger partial charge in [-0.2, -0.15) is 12.7 Å². The Labute approximate surface area is 195 Å². The molecule has 1 unspecified atom stereocenters. The highest BCUT2D eigenvalue weighted by molar-refractivity contribution is 7.90. The van der Waals surface area contributed by atoms with Gasteiger partial charge in [-0.05, 0) is 38.0 Å². The van der Waals surface area contributed by atoms with E-state index in [4.69, 9.17) is 0 Å². The van der Waals surface area contributed by atoms with Gasteiger partial charge in [0.1, 0.15) is 18.4 Å². The van der Waals surface area contributed by atoms with Gasteiger partial charge in [0.15, 0.2) is 0 Å². The zero-order valence-electron chi connectivity index (χ0n) is 19.4. The van der Waals surface area contributed by atoms with Gasteiger partial charge >= 0.3 is 10.2 Å². The van der Waals surface area contributed by atoms with Crippen LogP contribution >= 0.6 is 0 Å². The maximum atomic E-state index is 14.5. The summed E-state index contributed by atoms with van der Waals surface area (Å²) in [6.45, 7) is 3.28. The fourth-order valence-electron chi connectivity index (χ4n) is 3.25. The van der Waals surface area contributed by atoms with E-state index in [0.29, 0.717) is 13.0 Å². The van der Waals surface area contributed by atoms with Crippen molar-refractivity contribution in [3.05, 3.63) is 66.0 Å². The van der Waals surface area contributed by atoms with Crippen molar-refractivity contribution in [1.29, 1.82) is 0 Å². The van der Waals surface area contributed by atoms with Gasteiger partial charge in [-0.1, -0.05) is 42.5 Å². The van der Waals surface area contributed by atoms with E-state index >= 15 is 0 Å². The van der Waals surface area contributed by atoms with Crippen molar-refractivity contribution >= 4 is 27.7 Å². The number of hydrogen-bond donors (Lipinski definition) is 1. The van der Waals surface area contributed by atoms with Gasteiger partial charge in [-0.3, -0.25) is 9.59 Å². The van der Waals surface area contributed by atoms with Crippen LogP contribution in [0.5, 0.6) is 0 Å². The molecule has 1 N–H and O–H groups in total. The van der Waals surface area contributed by atoms with Crippen LogP contribution in [0.2, 0.25) is 0 Å². The van der Waals surface area contributed by atoms with Crippen molar-refractivity contribution in [2.75, 3.05) is 38.0 Å². The van der Waals surface area contributed by atoms with Crippen molar-refractivity contribution in [2.45, 2.75) is 26.3 Å². The fourth-order valence-corrected chi connectivity index (χ4v) is 4.31. The summed E-state index contributed by atoms with van der Waals surface area (Å²) in [5.74, 6) is -1.74. The van der Waals surface area contributed by atoms with Crippen molar-refractivity contribution in [3.8, 4) is 0 Å². The molecule has 0 aromatic heterocycles. The molecule has 2 amide bonds. The lowest BCUT2D eigenvalue weighted by atomic mass is 10.1. The van der Waals surface area contributed by atoms with E-state index in [2.05, 4.69) is 5.32 Å². The number of benzene rings is 2. The first-order chi connectivity index (χ1) is 15.6. The van der Waals surface area contributed by atoms with Crippen LogP contribution in [-0.2, 0) is 26.2 Å². The molecular weight excluding hydrogens is 447 g/mol. The van der Waals surface area contributed by atoms with E-state index in [9.17, 15) is 22.4 Å². The van der Waals surface area contributed by atoms with Crippen LogP contribution in [0.1, 0.15) is 19.4 Å². The molecular formula is C23H31FN4O4S. The normalized spacial score (nSPS) is 12.3. The van der Waals surface area contributed by atoms with E-state index in [1.54, 1.807) is 13.8 Å². The van der Waals surface area contributed by atoms with Crippen LogP contribution in [0.3, 0.4) is 0 Å². The summed E-state index contributed by atoms with van der Waals surface area (Å²) in [6, 6.07) is 13.9. The number of para-hydroxylation sites is 1. The summed E-state index contributed by atoms with van der Waals surface area (Å²) in [6.07, 6.45) is 0.469. The van der Waals surface area contributed by atoms with E-state index in [1.807, 2.05) is 30.3 Å². The molecule has 0 bridgehead atoms. The first kappa shape index (κ1) is 26.3. The topological polar surface area (TPSA) is 90.0 Å². The quantitative estimate of drug-likeness (QED) is 0.535. The fraction of sp³-hybridized carbons (Fsp3) is 0.391. The predicted octanol–water partition coefficient (Wildman–Crippen LogP) is 2.03. The summed E-state index contributed by atoms with van der Waals surface area (Å²) in [4.78, 5) is 27.2. The van der Waals surface area contributed by atoms with Crippen molar-refractivity contribution in [1.82, 2.24) is 14.5 Å². The first-order valence-corrected chi connectivity index (χ1v) is 12.0. The molecule has 2 aromatic rings. The Kier molecular flexibility index (Phi) is 9.36. The number of nitrogens with one attached hydrogen (secondary N) is 1. The lowest BCUT2D eigenvalue weighted by molar-refractivity contribution is -0.138. The average Bonchev–Trinajstić information content (AvgIpc) is 2.78. The Morgan fingerprint density at radius 1 is 1.03 bits per heavy atom. The minimum absolute atomic E-state index is 0.189. The molecule has 8 nitrogen and oxygen atoms in total. The third-order valence-electron chi connectivity index (χ3n) is 5.14. The number of nitrogens with zero attached hydrogens (tertiary/aromatic N) is 3. The second-order valence-electron chi connectivity index (χ2n) is 7.64. The Bertz CT molecular complexity index is 1050. The molecule has 1 atom stereocenters. The maximum absolute atomic E-state index is 14.5. The maximum Gasteiger partial charge on any atom is 0.304 e. The SMILES string of the molecule is CCNC(=O)C(C)N(CCc1ccccc1)C(=O)CN(c1ccccc1F)S(=O)(=O)N(C)C. The highest BCUT2D eigenvalue weighted by atomic mass is 32.2. The van der Waals surface area contributed by atoms with Crippen LogP contribution in [0.15, 0.2) is 54.6 Å². The van der Waals surface area contributed by atoms with Crippen LogP contribution in [0.4, 0.5) is 10.1 Å². The van der Waals surface area contributed by atoms with Gasteiger partial charge in [0, 0.05) is 27.2 Å². The molecule has 0 heterocycles. The molecule has 180 valence electrons. The minimum atomic E-state index is -4.19.